The molecule has 0 fully saturated rings. The summed E-state index contributed by atoms with van der Waals surface area (Å²) in [4.78, 5) is 10.9. The predicted molar refractivity (Wildman–Crippen MR) is 84.1 cm³/mol. The molecule has 0 saturated carbocycles. The Morgan fingerprint density at radius 1 is 1.50 bits per heavy atom. The molecule has 1 atom stereocenters. The van der Waals surface area contributed by atoms with Crippen molar-refractivity contribution in [3.63, 3.8) is 0 Å². The fourth-order valence-corrected chi connectivity index (χ4v) is 2.87. The van der Waals surface area contributed by atoms with Crippen LogP contribution in [0.4, 0.5) is 0 Å². The lowest BCUT2D eigenvalue weighted by Gasteiger charge is -2.27. The number of benzene rings is 1. The zero-order valence-corrected chi connectivity index (χ0v) is 13.6. The summed E-state index contributed by atoms with van der Waals surface area (Å²) in [6.45, 7) is 4.00. The third-order valence-electron chi connectivity index (χ3n) is 2.72. The second kappa shape index (κ2) is 7.41. The quantitative estimate of drug-likeness (QED) is 0.747. The van der Waals surface area contributed by atoms with E-state index in [0.29, 0.717) is 28.2 Å². The van der Waals surface area contributed by atoms with Crippen molar-refractivity contribution in [1.29, 1.82) is 0 Å². The van der Waals surface area contributed by atoms with Crippen LogP contribution >= 0.6 is 35.0 Å². The maximum absolute atomic E-state index is 10.9. The number of carbonyl (C=O) groups is 1. The van der Waals surface area contributed by atoms with Crippen LogP contribution in [0, 0.1) is 0 Å². The van der Waals surface area contributed by atoms with E-state index < -0.39 is 16.8 Å². The lowest BCUT2D eigenvalue weighted by atomic mass is 10.1. The number of hydrogen-bond acceptors (Lipinski definition) is 4. The molecule has 0 amide bonds. The highest BCUT2D eigenvalue weighted by Gasteiger charge is 2.32. The van der Waals surface area contributed by atoms with Gasteiger partial charge in [-0.3, -0.25) is 4.79 Å². The number of nitrogens with two attached hydrogens (primary N) is 1. The smallest absolute Gasteiger partial charge is 0.321 e. The Balaban J connectivity index is 2.43. The predicted octanol–water partition coefficient (Wildman–Crippen LogP) is 3.30. The average molecular weight is 338 g/mol. The Kier molecular flexibility index (Phi) is 6.45. The lowest BCUT2D eigenvalue weighted by Crippen LogP contribution is -2.47. The second-order valence-electron chi connectivity index (χ2n) is 4.69. The van der Waals surface area contributed by atoms with Gasteiger partial charge in [0.05, 0.1) is 11.6 Å². The van der Waals surface area contributed by atoms with Crippen molar-refractivity contribution >= 4 is 40.9 Å². The van der Waals surface area contributed by atoms with Gasteiger partial charge in [0, 0.05) is 15.5 Å². The molecule has 1 aromatic carbocycles. The molecular formula is C13H17Cl2NO3S. The molecule has 3 N–H and O–H groups in total. The molecule has 0 heterocycles. The van der Waals surface area contributed by atoms with Crippen LogP contribution in [-0.2, 0) is 4.79 Å². The standard InChI is InChI=1S/C13H17Cl2NO3S/c1-13(2,11(16)12(17)18)20-6-5-19-10-4-3-8(14)7-9(10)15/h3-4,7,11H,5-6,16H2,1-2H3,(H,17,18)/t11-/m1/s1. The van der Waals surface area contributed by atoms with Gasteiger partial charge in [0.15, 0.2) is 0 Å². The van der Waals surface area contributed by atoms with Crippen molar-refractivity contribution < 1.29 is 14.6 Å². The SMILES string of the molecule is CC(C)(SCCOc1ccc(Cl)cc1Cl)[C@H](N)C(=O)O. The fourth-order valence-electron chi connectivity index (χ4n) is 1.44. The summed E-state index contributed by atoms with van der Waals surface area (Å²) in [5.74, 6) is 0.147. The molecule has 0 unspecified atom stereocenters. The largest absolute Gasteiger partial charge is 0.491 e. The number of hydrogen-bond donors (Lipinski definition) is 2. The Morgan fingerprint density at radius 3 is 2.70 bits per heavy atom. The molecule has 0 bridgehead atoms. The first-order valence-electron chi connectivity index (χ1n) is 5.94. The molecule has 0 aliphatic carbocycles. The van der Waals surface area contributed by atoms with Gasteiger partial charge in [0.1, 0.15) is 11.8 Å². The van der Waals surface area contributed by atoms with Crippen molar-refractivity contribution in [2.24, 2.45) is 5.73 Å². The second-order valence-corrected chi connectivity index (χ2v) is 7.28. The maximum Gasteiger partial charge on any atom is 0.321 e. The van der Waals surface area contributed by atoms with Crippen molar-refractivity contribution in [3.8, 4) is 5.75 Å². The minimum Gasteiger partial charge on any atom is -0.491 e. The Hall–Kier alpha value is -0.620. The van der Waals surface area contributed by atoms with E-state index in [1.165, 1.54) is 11.8 Å². The summed E-state index contributed by atoms with van der Waals surface area (Å²) in [5, 5.41) is 9.91. The van der Waals surface area contributed by atoms with E-state index in [1.54, 1.807) is 32.0 Å². The molecule has 20 heavy (non-hydrogen) atoms. The number of rotatable bonds is 7. The van der Waals surface area contributed by atoms with E-state index in [-0.39, 0.29) is 0 Å². The topological polar surface area (TPSA) is 72.5 Å². The van der Waals surface area contributed by atoms with Crippen LogP contribution in [0.2, 0.25) is 10.0 Å². The number of halogens is 2. The molecule has 1 aromatic rings. The molecule has 112 valence electrons. The first-order chi connectivity index (χ1) is 9.24. The molecule has 0 aliphatic heterocycles. The first-order valence-corrected chi connectivity index (χ1v) is 7.68. The van der Waals surface area contributed by atoms with Gasteiger partial charge in [-0.05, 0) is 32.0 Å². The number of ether oxygens (including phenoxy) is 1. The van der Waals surface area contributed by atoms with E-state index in [0.717, 1.165) is 0 Å². The minimum atomic E-state index is -1.01. The van der Waals surface area contributed by atoms with Crippen LogP contribution in [0.25, 0.3) is 0 Å². The first kappa shape index (κ1) is 17.4. The summed E-state index contributed by atoms with van der Waals surface area (Å²) in [5.41, 5.74) is 5.63. The molecule has 7 heteroatoms. The van der Waals surface area contributed by atoms with Gasteiger partial charge in [-0.25, -0.2) is 0 Å². The van der Waals surface area contributed by atoms with Crippen LogP contribution in [-0.4, -0.2) is 34.2 Å². The Labute approximate surface area is 132 Å². The van der Waals surface area contributed by atoms with Crippen molar-refractivity contribution in [1.82, 2.24) is 0 Å². The highest BCUT2D eigenvalue weighted by Crippen LogP contribution is 2.29. The van der Waals surface area contributed by atoms with E-state index >= 15 is 0 Å². The van der Waals surface area contributed by atoms with Crippen molar-refractivity contribution in [2.75, 3.05) is 12.4 Å². The van der Waals surface area contributed by atoms with E-state index in [9.17, 15) is 4.79 Å². The van der Waals surface area contributed by atoms with Gasteiger partial charge in [-0.2, -0.15) is 0 Å². The Bertz CT molecular complexity index is 483. The van der Waals surface area contributed by atoms with Gasteiger partial charge < -0.3 is 15.6 Å². The van der Waals surface area contributed by atoms with Gasteiger partial charge >= 0.3 is 5.97 Å². The van der Waals surface area contributed by atoms with Crippen LogP contribution in [0.5, 0.6) is 5.75 Å². The molecule has 0 radical (unpaired) electrons. The fraction of sp³-hybridized carbons (Fsp3) is 0.462. The third-order valence-corrected chi connectivity index (χ3v) is 4.62. The number of aliphatic carboxylic acids is 1. The highest BCUT2D eigenvalue weighted by molar-refractivity contribution is 8.00. The number of thioether (sulfide) groups is 1. The summed E-state index contributed by atoms with van der Waals surface area (Å²) in [6, 6.07) is 4.08. The zero-order chi connectivity index (χ0) is 15.3. The molecule has 4 nitrogen and oxygen atoms in total. The van der Waals surface area contributed by atoms with Crippen LogP contribution in [0.15, 0.2) is 18.2 Å². The summed E-state index contributed by atoms with van der Waals surface area (Å²) >= 11 is 13.2. The van der Waals surface area contributed by atoms with Crippen LogP contribution in [0.1, 0.15) is 13.8 Å². The van der Waals surface area contributed by atoms with Crippen molar-refractivity contribution in [3.05, 3.63) is 28.2 Å². The summed E-state index contributed by atoms with van der Waals surface area (Å²) in [7, 11) is 0. The van der Waals surface area contributed by atoms with Gasteiger partial charge in [0.2, 0.25) is 0 Å². The van der Waals surface area contributed by atoms with E-state index in [1.807, 2.05) is 0 Å². The molecule has 0 aromatic heterocycles. The van der Waals surface area contributed by atoms with Gasteiger partial charge in [-0.15, -0.1) is 11.8 Å². The Morgan fingerprint density at radius 2 is 2.15 bits per heavy atom. The van der Waals surface area contributed by atoms with Crippen LogP contribution < -0.4 is 10.5 Å². The zero-order valence-electron chi connectivity index (χ0n) is 11.2. The van der Waals surface area contributed by atoms with Gasteiger partial charge in [0.25, 0.3) is 0 Å². The highest BCUT2D eigenvalue weighted by atomic mass is 35.5. The maximum atomic E-state index is 10.9. The van der Waals surface area contributed by atoms with E-state index in [4.69, 9.17) is 38.8 Å². The molecule has 0 saturated heterocycles. The van der Waals surface area contributed by atoms with Crippen molar-refractivity contribution in [2.45, 2.75) is 24.6 Å². The van der Waals surface area contributed by atoms with Crippen LogP contribution in [0.3, 0.4) is 0 Å². The lowest BCUT2D eigenvalue weighted by molar-refractivity contribution is -0.139. The molecule has 0 aliphatic rings. The monoisotopic (exact) mass is 337 g/mol. The number of carboxylic acid groups (broad SMARTS) is 1. The molecule has 1 rings (SSSR count). The normalized spacial score (nSPS) is 13.1. The number of carboxylic acids is 1. The van der Waals surface area contributed by atoms with E-state index in [2.05, 4.69) is 0 Å². The minimum absolute atomic E-state index is 0.405. The summed E-state index contributed by atoms with van der Waals surface area (Å²) in [6.07, 6.45) is 0. The molecular weight excluding hydrogens is 321 g/mol. The molecule has 0 spiro atoms. The summed E-state index contributed by atoms with van der Waals surface area (Å²) < 4.78 is 4.96. The third kappa shape index (κ3) is 5.05. The van der Waals surface area contributed by atoms with Gasteiger partial charge in [-0.1, -0.05) is 23.2 Å². The average Bonchev–Trinajstić information content (AvgIpc) is 2.35.